The molecule has 2 aromatic carbocycles. The van der Waals surface area contributed by atoms with E-state index in [0.717, 1.165) is 42.7 Å². The molecule has 1 saturated heterocycles. The predicted molar refractivity (Wildman–Crippen MR) is 105 cm³/mol. The molecule has 0 spiro atoms. The third kappa shape index (κ3) is 3.85. The van der Waals surface area contributed by atoms with Gasteiger partial charge in [-0.2, -0.15) is 0 Å². The minimum absolute atomic E-state index is 0.0272. The molecule has 138 valence electrons. The molecule has 0 unspecified atom stereocenters. The first-order valence-corrected chi connectivity index (χ1v) is 9.19. The maximum atomic E-state index is 13.0. The van der Waals surface area contributed by atoms with Crippen LogP contribution in [-0.2, 0) is 4.79 Å². The van der Waals surface area contributed by atoms with E-state index in [1.807, 2.05) is 18.2 Å². The number of fused-ring (bicyclic) bond motifs is 1. The van der Waals surface area contributed by atoms with Crippen LogP contribution in [0.15, 0.2) is 48.8 Å². The summed E-state index contributed by atoms with van der Waals surface area (Å²) in [6.07, 6.45) is 3.00. The van der Waals surface area contributed by atoms with Crippen molar-refractivity contribution < 1.29 is 9.18 Å². The molecule has 0 atom stereocenters. The first kappa shape index (κ1) is 17.7. The van der Waals surface area contributed by atoms with Gasteiger partial charge < -0.3 is 10.2 Å². The second-order valence-corrected chi connectivity index (χ2v) is 7.05. The fraction of sp³-hybridized carbons (Fsp3) is 0.250. The highest BCUT2D eigenvalue weighted by Gasteiger charge is 2.26. The van der Waals surface area contributed by atoms with Gasteiger partial charge in [0.15, 0.2) is 0 Å². The van der Waals surface area contributed by atoms with Gasteiger partial charge in [0, 0.05) is 35.1 Å². The van der Waals surface area contributed by atoms with Crippen molar-refractivity contribution in [3.63, 3.8) is 0 Å². The van der Waals surface area contributed by atoms with E-state index >= 15 is 0 Å². The molecule has 1 aromatic heterocycles. The molecular weight excluding hydrogens is 367 g/mol. The molecule has 0 bridgehead atoms. The van der Waals surface area contributed by atoms with Crippen LogP contribution in [0.25, 0.3) is 10.9 Å². The minimum Gasteiger partial charge on any atom is -0.356 e. The second kappa shape index (κ2) is 7.48. The summed E-state index contributed by atoms with van der Waals surface area (Å²) in [6, 6.07) is 11.4. The Hall–Kier alpha value is -2.73. The zero-order valence-corrected chi connectivity index (χ0v) is 15.3. The van der Waals surface area contributed by atoms with E-state index < -0.39 is 0 Å². The molecule has 4 rings (SSSR count). The third-order valence-electron chi connectivity index (χ3n) is 4.85. The smallest absolute Gasteiger partial charge is 0.227 e. The molecule has 27 heavy (non-hydrogen) atoms. The summed E-state index contributed by atoms with van der Waals surface area (Å²) in [4.78, 5) is 23.4. The van der Waals surface area contributed by atoms with Crippen molar-refractivity contribution in [2.24, 2.45) is 5.92 Å². The van der Waals surface area contributed by atoms with Gasteiger partial charge in [0.05, 0.1) is 5.52 Å². The molecule has 1 aliphatic rings. The van der Waals surface area contributed by atoms with Crippen molar-refractivity contribution in [2.75, 3.05) is 23.3 Å². The van der Waals surface area contributed by atoms with E-state index in [0.29, 0.717) is 10.7 Å². The summed E-state index contributed by atoms with van der Waals surface area (Å²) < 4.78 is 13.0. The van der Waals surface area contributed by atoms with Crippen molar-refractivity contribution in [1.29, 1.82) is 0 Å². The van der Waals surface area contributed by atoms with E-state index in [2.05, 4.69) is 20.2 Å². The normalized spacial score (nSPS) is 15.1. The lowest BCUT2D eigenvalue weighted by Crippen LogP contribution is -2.38. The van der Waals surface area contributed by atoms with Gasteiger partial charge in [-0.3, -0.25) is 4.79 Å². The van der Waals surface area contributed by atoms with Gasteiger partial charge in [0.1, 0.15) is 18.0 Å². The molecule has 1 fully saturated rings. The molecular formula is C20H18ClFN4O. The molecule has 0 radical (unpaired) electrons. The van der Waals surface area contributed by atoms with Crippen LogP contribution in [0.5, 0.6) is 0 Å². The molecule has 1 aliphatic heterocycles. The van der Waals surface area contributed by atoms with Gasteiger partial charge in [-0.15, -0.1) is 0 Å². The van der Waals surface area contributed by atoms with Gasteiger partial charge in [-0.05, 0) is 55.3 Å². The Morgan fingerprint density at radius 3 is 2.59 bits per heavy atom. The first-order valence-electron chi connectivity index (χ1n) is 8.82. The van der Waals surface area contributed by atoms with E-state index in [9.17, 15) is 9.18 Å². The van der Waals surface area contributed by atoms with Crippen LogP contribution in [-0.4, -0.2) is 29.0 Å². The molecule has 1 amide bonds. The van der Waals surface area contributed by atoms with Gasteiger partial charge in [-0.1, -0.05) is 11.6 Å². The Kier molecular flexibility index (Phi) is 4.90. The molecule has 0 saturated carbocycles. The number of benzene rings is 2. The highest BCUT2D eigenvalue weighted by molar-refractivity contribution is 6.31. The van der Waals surface area contributed by atoms with Crippen molar-refractivity contribution in [1.82, 2.24) is 9.97 Å². The quantitative estimate of drug-likeness (QED) is 0.732. The van der Waals surface area contributed by atoms with E-state index in [1.165, 1.54) is 12.1 Å². The van der Waals surface area contributed by atoms with Crippen molar-refractivity contribution in [3.8, 4) is 0 Å². The molecule has 7 heteroatoms. The van der Waals surface area contributed by atoms with Crippen LogP contribution in [0.1, 0.15) is 12.8 Å². The van der Waals surface area contributed by atoms with Crippen molar-refractivity contribution in [2.45, 2.75) is 12.8 Å². The maximum Gasteiger partial charge on any atom is 0.227 e. The van der Waals surface area contributed by atoms with Crippen LogP contribution >= 0.6 is 11.6 Å². The highest BCUT2D eigenvalue weighted by atomic mass is 35.5. The number of aromatic nitrogens is 2. The van der Waals surface area contributed by atoms with Crippen LogP contribution in [0.2, 0.25) is 5.02 Å². The van der Waals surface area contributed by atoms with Crippen LogP contribution in [0.3, 0.4) is 0 Å². The predicted octanol–water partition coefficient (Wildman–Crippen LogP) is 4.28. The average Bonchev–Trinajstić information content (AvgIpc) is 2.69. The van der Waals surface area contributed by atoms with Crippen LogP contribution in [0.4, 0.5) is 15.9 Å². The summed E-state index contributed by atoms with van der Waals surface area (Å²) in [6.45, 7) is 1.46. The van der Waals surface area contributed by atoms with E-state index in [4.69, 9.17) is 11.6 Å². The largest absolute Gasteiger partial charge is 0.356 e. The fourth-order valence-electron chi connectivity index (χ4n) is 3.40. The van der Waals surface area contributed by atoms with E-state index in [1.54, 1.807) is 18.5 Å². The number of amides is 1. The highest BCUT2D eigenvalue weighted by Crippen LogP contribution is 2.29. The fourth-order valence-corrected chi connectivity index (χ4v) is 3.57. The van der Waals surface area contributed by atoms with Gasteiger partial charge in [0.2, 0.25) is 5.91 Å². The number of rotatable bonds is 3. The van der Waals surface area contributed by atoms with Crippen LogP contribution < -0.4 is 10.2 Å². The molecule has 5 nitrogen and oxygen atoms in total. The number of nitrogens with one attached hydrogen (secondary N) is 1. The molecule has 3 aromatic rings. The third-order valence-corrected chi connectivity index (χ3v) is 5.09. The Morgan fingerprint density at radius 2 is 1.85 bits per heavy atom. The molecule has 2 heterocycles. The number of piperidine rings is 1. The van der Waals surface area contributed by atoms with Gasteiger partial charge in [-0.25, -0.2) is 14.4 Å². The van der Waals surface area contributed by atoms with Crippen LogP contribution in [0, 0.1) is 11.7 Å². The standard InChI is InChI=1S/C20H18ClFN4O/c21-14-1-6-17-18(11-14)23-12-24-19(17)26-9-7-13(8-10-26)20(27)25-16-4-2-15(22)3-5-16/h1-6,11-13H,7-10H2,(H,25,27). The number of halogens is 2. The summed E-state index contributed by atoms with van der Waals surface area (Å²) in [5, 5.41) is 4.46. The second-order valence-electron chi connectivity index (χ2n) is 6.62. The summed E-state index contributed by atoms with van der Waals surface area (Å²) >= 11 is 6.05. The molecule has 0 aliphatic carbocycles. The number of carbonyl (C=O) groups is 1. The summed E-state index contributed by atoms with van der Waals surface area (Å²) in [5.74, 6) is 0.447. The summed E-state index contributed by atoms with van der Waals surface area (Å²) in [5.41, 5.74) is 1.42. The van der Waals surface area contributed by atoms with Gasteiger partial charge >= 0.3 is 0 Å². The maximum absolute atomic E-state index is 13.0. The Balaban J connectivity index is 1.43. The monoisotopic (exact) mass is 384 g/mol. The summed E-state index contributed by atoms with van der Waals surface area (Å²) in [7, 11) is 0. The van der Waals surface area contributed by atoms with Gasteiger partial charge in [0.25, 0.3) is 0 Å². The van der Waals surface area contributed by atoms with Crippen molar-refractivity contribution in [3.05, 3.63) is 59.6 Å². The lowest BCUT2D eigenvalue weighted by molar-refractivity contribution is -0.120. The Labute approximate surface area is 161 Å². The number of hydrogen-bond acceptors (Lipinski definition) is 4. The topological polar surface area (TPSA) is 58.1 Å². The Bertz CT molecular complexity index is 971. The SMILES string of the molecule is O=C(Nc1ccc(F)cc1)C1CCN(c2ncnc3cc(Cl)ccc23)CC1. The van der Waals surface area contributed by atoms with E-state index in [-0.39, 0.29) is 17.6 Å². The number of anilines is 2. The average molecular weight is 385 g/mol. The lowest BCUT2D eigenvalue weighted by atomic mass is 9.95. The number of carbonyl (C=O) groups excluding carboxylic acids is 1. The minimum atomic E-state index is -0.320. The zero-order valence-electron chi connectivity index (χ0n) is 14.5. The Morgan fingerprint density at radius 1 is 1.11 bits per heavy atom. The number of nitrogens with zero attached hydrogens (tertiary/aromatic N) is 3. The molecule has 1 N–H and O–H groups in total. The first-order chi connectivity index (χ1) is 13.1. The lowest BCUT2D eigenvalue weighted by Gasteiger charge is -2.32. The van der Waals surface area contributed by atoms with Crippen molar-refractivity contribution >= 4 is 39.9 Å². The number of hydrogen-bond donors (Lipinski definition) is 1. The zero-order chi connectivity index (χ0) is 18.8.